The Kier molecular flexibility index (Phi) is 4.42. The molecule has 2 fully saturated rings. The van der Waals surface area contributed by atoms with Crippen molar-refractivity contribution in [2.24, 2.45) is 0 Å². The number of aromatic nitrogens is 1. The van der Waals surface area contributed by atoms with Gasteiger partial charge in [-0.15, -0.1) is 0 Å². The average molecular weight is 393 g/mol. The summed E-state index contributed by atoms with van der Waals surface area (Å²) in [4.78, 5) is 38.8. The molecule has 6 nitrogen and oxygen atoms in total. The molecule has 1 N–H and O–H groups in total. The highest BCUT2D eigenvalue weighted by atomic mass is 35.5. The van der Waals surface area contributed by atoms with Crippen LogP contribution in [0.3, 0.4) is 0 Å². The van der Waals surface area contributed by atoms with E-state index in [1.807, 2.05) is 0 Å². The van der Waals surface area contributed by atoms with Gasteiger partial charge in [0, 0.05) is 24.2 Å². The maximum Gasteiger partial charge on any atom is 0.326 e. The molecule has 1 atom stereocenters. The second-order valence-corrected chi connectivity index (χ2v) is 7.55. The maximum absolute atomic E-state index is 14.0. The molecule has 1 aliphatic carbocycles. The molecule has 0 radical (unpaired) electrons. The van der Waals surface area contributed by atoms with Crippen molar-refractivity contribution >= 4 is 34.4 Å². The molecule has 27 heavy (non-hydrogen) atoms. The topological polar surface area (TPSA) is 79.6 Å². The number of amides is 1. The van der Waals surface area contributed by atoms with Crippen LogP contribution in [0.4, 0.5) is 4.39 Å². The van der Waals surface area contributed by atoms with Gasteiger partial charge in [0.1, 0.15) is 17.4 Å². The molecule has 1 saturated carbocycles. The number of hydrogen-bond acceptors (Lipinski definition) is 3. The van der Waals surface area contributed by atoms with Crippen LogP contribution in [0.1, 0.15) is 48.5 Å². The van der Waals surface area contributed by atoms with Gasteiger partial charge in [0.2, 0.25) is 5.43 Å². The zero-order valence-corrected chi connectivity index (χ0v) is 15.2. The van der Waals surface area contributed by atoms with E-state index in [0.29, 0.717) is 24.8 Å². The summed E-state index contributed by atoms with van der Waals surface area (Å²) in [5, 5.41) is 9.42. The third kappa shape index (κ3) is 3.10. The zero-order chi connectivity index (χ0) is 19.3. The molecule has 1 saturated heterocycles. The Balaban J connectivity index is 1.87. The van der Waals surface area contributed by atoms with E-state index in [9.17, 15) is 23.9 Å². The molecule has 1 unspecified atom stereocenters. The molecule has 4 rings (SSSR count). The summed E-state index contributed by atoms with van der Waals surface area (Å²) in [5.74, 6) is -2.42. The summed E-state index contributed by atoms with van der Waals surface area (Å²) >= 11 is 5.88. The van der Waals surface area contributed by atoms with Crippen molar-refractivity contribution in [2.75, 3.05) is 6.54 Å². The first-order valence-electron chi connectivity index (χ1n) is 8.96. The normalized spacial score (nSPS) is 20.1. The predicted molar refractivity (Wildman–Crippen MR) is 97.8 cm³/mol. The fourth-order valence-electron chi connectivity index (χ4n) is 3.74. The molecule has 2 aliphatic rings. The number of carbonyl (C=O) groups is 2. The number of nitrogens with zero attached hydrogens (tertiary/aromatic N) is 2. The van der Waals surface area contributed by atoms with E-state index >= 15 is 0 Å². The van der Waals surface area contributed by atoms with Crippen molar-refractivity contribution in [1.29, 1.82) is 0 Å². The van der Waals surface area contributed by atoms with Gasteiger partial charge >= 0.3 is 5.97 Å². The number of carbonyl (C=O) groups excluding carboxylic acids is 1. The number of hydrogen-bond donors (Lipinski definition) is 1. The fourth-order valence-corrected chi connectivity index (χ4v) is 3.90. The number of rotatable bonds is 3. The summed E-state index contributed by atoms with van der Waals surface area (Å²) in [7, 11) is 0. The van der Waals surface area contributed by atoms with E-state index in [4.69, 9.17) is 11.6 Å². The highest BCUT2D eigenvalue weighted by Crippen LogP contribution is 2.38. The molecule has 142 valence electrons. The lowest BCUT2D eigenvalue weighted by Gasteiger charge is -2.33. The predicted octanol–water partition coefficient (Wildman–Crippen LogP) is 3.21. The Labute approximate surface area is 159 Å². The van der Waals surface area contributed by atoms with Crippen LogP contribution in [0.2, 0.25) is 5.02 Å². The first-order chi connectivity index (χ1) is 12.9. The number of aliphatic carboxylic acids is 1. The molecule has 8 heteroatoms. The van der Waals surface area contributed by atoms with E-state index in [0.717, 1.165) is 18.9 Å². The van der Waals surface area contributed by atoms with E-state index < -0.39 is 29.2 Å². The van der Waals surface area contributed by atoms with Crippen LogP contribution in [0, 0.1) is 5.82 Å². The maximum atomic E-state index is 14.0. The smallest absolute Gasteiger partial charge is 0.326 e. The summed E-state index contributed by atoms with van der Waals surface area (Å²) < 4.78 is 15.8. The van der Waals surface area contributed by atoms with Gasteiger partial charge in [-0.2, -0.15) is 0 Å². The molecule has 0 spiro atoms. The SMILES string of the molecule is O=C(O)C1CCCCN1C(=O)c1cn(C2CC2)c2cc(Cl)c(F)cc2c1=O. The first kappa shape index (κ1) is 18.0. The van der Waals surface area contributed by atoms with Crippen LogP contribution < -0.4 is 5.43 Å². The van der Waals surface area contributed by atoms with Crippen LogP contribution in [0.5, 0.6) is 0 Å². The van der Waals surface area contributed by atoms with Crippen LogP contribution in [0.15, 0.2) is 23.1 Å². The van der Waals surface area contributed by atoms with Crippen molar-refractivity contribution in [2.45, 2.75) is 44.2 Å². The van der Waals surface area contributed by atoms with Crippen molar-refractivity contribution in [1.82, 2.24) is 9.47 Å². The van der Waals surface area contributed by atoms with Gasteiger partial charge in [-0.3, -0.25) is 9.59 Å². The third-order valence-corrected chi connectivity index (χ3v) is 5.58. The fraction of sp³-hybridized carbons (Fsp3) is 0.421. The lowest BCUT2D eigenvalue weighted by atomic mass is 10.0. The zero-order valence-electron chi connectivity index (χ0n) is 14.5. The number of carboxylic acids is 1. The molecular weight excluding hydrogens is 375 g/mol. The van der Waals surface area contributed by atoms with E-state index in [1.54, 1.807) is 4.57 Å². The molecule has 2 aromatic rings. The Bertz CT molecular complexity index is 1010. The second kappa shape index (κ2) is 6.64. The van der Waals surface area contributed by atoms with Gasteiger partial charge in [0.15, 0.2) is 0 Å². The minimum Gasteiger partial charge on any atom is -0.480 e. The monoisotopic (exact) mass is 392 g/mol. The van der Waals surface area contributed by atoms with Crippen LogP contribution in [-0.2, 0) is 4.79 Å². The molecule has 2 heterocycles. The van der Waals surface area contributed by atoms with Gasteiger partial charge in [0.25, 0.3) is 5.91 Å². The molecule has 1 aromatic heterocycles. The molecular formula is C19H18ClFN2O4. The number of pyridine rings is 1. The van der Waals surface area contributed by atoms with Crippen molar-refractivity contribution in [3.8, 4) is 0 Å². The number of fused-ring (bicyclic) bond motifs is 1. The average Bonchev–Trinajstić information content (AvgIpc) is 3.48. The van der Waals surface area contributed by atoms with Gasteiger partial charge in [-0.05, 0) is 44.2 Å². The highest BCUT2D eigenvalue weighted by Gasteiger charge is 2.35. The number of piperidine rings is 1. The minimum atomic E-state index is -1.08. The summed E-state index contributed by atoms with van der Waals surface area (Å²) in [5.41, 5.74) is -0.236. The van der Waals surface area contributed by atoms with Crippen LogP contribution >= 0.6 is 11.6 Å². The summed E-state index contributed by atoms with van der Waals surface area (Å²) in [6.07, 6.45) is 5.02. The lowest BCUT2D eigenvalue weighted by Crippen LogP contribution is -2.49. The van der Waals surface area contributed by atoms with E-state index in [2.05, 4.69) is 0 Å². The Hall–Kier alpha value is -2.41. The molecule has 1 aliphatic heterocycles. The van der Waals surface area contributed by atoms with Gasteiger partial charge in [-0.25, -0.2) is 9.18 Å². The van der Waals surface area contributed by atoms with Gasteiger partial charge < -0.3 is 14.6 Å². The van der Waals surface area contributed by atoms with Gasteiger partial charge in [0.05, 0.1) is 10.5 Å². The standard InChI is InChI=1S/C19H18ClFN2O4/c20-13-8-16-11(7-14(13)21)17(24)12(9-23(16)10-4-5-10)18(25)22-6-2-1-3-15(22)19(26)27/h7-10,15H,1-6H2,(H,26,27). The van der Waals surface area contributed by atoms with Crippen LogP contribution in [0.25, 0.3) is 10.9 Å². The number of likely N-dealkylation sites (tertiary alicyclic amines) is 1. The first-order valence-corrected chi connectivity index (χ1v) is 9.34. The minimum absolute atomic E-state index is 0.0820. The van der Waals surface area contributed by atoms with Crippen molar-refractivity contribution in [3.63, 3.8) is 0 Å². The number of benzene rings is 1. The Morgan fingerprint density at radius 1 is 1.19 bits per heavy atom. The molecule has 1 amide bonds. The van der Waals surface area contributed by atoms with Crippen molar-refractivity contribution < 1.29 is 19.1 Å². The summed E-state index contributed by atoms with van der Waals surface area (Å²) in [6.45, 7) is 0.283. The largest absolute Gasteiger partial charge is 0.480 e. The molecule has 1 aromatic carbocycles. The second-order valence-electron chi connectivity index (χ2n) is 7.14. The number of carboxylic acid groups (broad SMARTS) is 1. The Morgan fingerprint density at radius 2 is 1.93 bits per heavy atom. The van der Waals surface area contributed by atoms with E-state index in [-0.39, 0.29) is 28.6 Å². The van der Waals surface area contributed by atoms with Crippen LogP contribution in [-0.4, -0.2) is 39.0 Å². The van der Waals surface area contributed by atoms with Gasteiger partial charge in [-0.1, -0.05) is 11.6 Å². The number of halogens is 2. The third-order valence-electron chi connectivity index (χ3n) is 5.29. The highest BCUT2D eigenvalue weighted by molar-refractivity contribution is 6.31. The molecule has 0 bridgehead atoms. The Morgan fingerprint density at radius 3 is 2.59 bits per heavy atom. The quantitative estimate of drug-likeness (QED) is 0.869. The van der Waals surface area contributed by atoms with Crippen molar-refractivity contribution in [3.05, 3.63) is 45.0 Å². The summed E-state index contributed by atoms with van der Waals surface area (Å²) in [6, 6.07) is 1.64. The van der Waals surface area contributed by atoms with E-state index in [1.165, 1.54) is 17.2 Å². The lowest BCUT2D eigenvalue weighted by molar-refractivity contribution is -0.143.